The van der Waals surface area contributed by atoms with E-state index in [0.717, 1.165) is 21.8 Å². The third-order valence-corrected chi connectivity index (χ3v) is 3.54. The maximum Gasteiger partial charge on any atom is 0.190 e. The lowest BCUT2D eigenvalue weighted by Crippen LogP contribution is -1.91. The summed E-state index contributed by atoms with van der Waals surface area (Å²) in [6.07, 6.45) is 0. The highest BCUT2D eigenvalue weighted by molar-refractivity contribution is 7.90. The average Bonchev–Trinajstić information content (AvgIpc) is 2.59. The predicted molar refractivity (Wildman–Crippen MR) is 59.7 cm³/mol. The van der Waals surface area contributed by atoms with E-state index in [-0.39, 0.29) is 0 Å². The van der Waals surface area contributed by atoms with E-state index in [1.165, 1.54) is 0 Å². The third-order valence-electron chi connectivity index (χ3n) is 2.29. The lowest BCUT2D eigenvalue weighted by Gasteiger charge is -2.03. The number of hydrogen-bond acceptors (Lipinski definition) is 3. The van der Waals surface area contributed by atoms with Crippen molar-refractivity contribution in [1.29, 1.82) is 0 Å². The highest BCUT2D eigenvalue weighted by Gasteiger charge is 2.21. The lowest BCUT2D eigenvalue weighted by molar-refractivity contribution is 0.401. The van der Waals surface area contributed by atoms with Crippen LogP contribution in [0.4, 0.5) is 0 Å². The maximum atomic E-state index is 11.5. The molecule has 0 fully saturated rings. The van der Waals surface area contributed by atoms with Crippen molar-refractivity contribution in [2.75, 3.05) is 13.7 Å². The zero-order valence-electron chi connectivity index (χ0n) is 8.65. The van der Waals surface area contributed by atoms with Gasteiger partial charge < -0.3 is 4.74 Å². The molecule has 1 heterocycles. The van der Waals surface area contributed by atoms with E-state index in [9.17, 15) is 4.21 Å². The van der Waals surface area contributed by atoms with Gasteiger partial charge in [0.25, 0.3) is 0 Å². The topological polar surface area (TPSA) is 35.5 Å². The van der Waals surface area contributed by atoms with Crippen LogP contribution in [-0.4, -0.2) is 17.9 Å². The smallest absolute Gasteiger partial charge is 0.190 e. The number of hydrogen-bond donors (Lipinski definition) is 0. The minimum Gasteiger partial charge on any atom is -0.497 e. The number of rotatable bonds is 2. The first kappa shape index (κ1) is 10.4. The van der Waals surface area contributed by atoms with Crippen molar-refractivity contribution in [3.05, 3.63) is 35.4 Å². The molecule has 1 aromatic rings. The van der Waals surface area contributed by atoms with Gasteiger partial charge in [-0.1, -0.05) is 0 Å². The van der Waals surface area contributed by atoms with Gasteiger partial charge in [0.1, 0.15) is 5.75 Å². The Bertz CT molecular complexity index is 420. The average molecular weight is 224 g/mol. The largest absolute Gasteiger partial charge is 0.497 e. The summed E-state index contributed by atoms with van der Waals surface area (Å²) in [6, 6.07) is 7.49. The van der Waals surface area contributed by atoms with Gasteiger partial charge in [-0.05, 0) is 42.3 Å². The van der Waals surface area contributed by atoms with Gasteiger partial charge in [-0.25, -0.2) is 4.21 Å². The van der Waals surface area contributed by atoms with Crippen molar-refractivity contribution in [2.45, 2.75) is 6.92 Å². The quantitative estimate of drug-likeness (QED) is 0.772. The molecule has 2 rings (SSSR count). The van der Waals surface area contributed by atoms with Crippen LogP contribution < -0.4 is 4.74 Å². The summed E-state index contributed by atoms with van der Waals surface area (Å²) < 4.78 is 21.7. The van der Waals surface area contributed by atoms with E-state index in [4.69, 9.17) is 8.92 Å². The second-order valence-corrected chi connectivity index (χ2v) is 4.45. The molecular formula is C11H12O3S. The first-order chi connectivity index (χ1) is 7.22. The first-order valence-electron chi connectivity index (χ1n) is 4.61. The van der Waals surface area contributed by atoms with Crippen LogP contribution >= 0.6 is 0 Å². The molecule has 0 saturated carbocycles. The lowest BCUT2D eigenvalue weighted by atomic mass is 10.1. The monoisotopic (exact) mass is 224 g/mol. The van der Waals surface area contributed by atoms with Crippen molar-refractivity contribution < 1.29 is 13.1 Å². The minimum atomic E-state index is -1.31. The normalized spacial score (nSPS) is 20.8. The Hall–Kier alpha value is -1.13. The molecule has 0 saturated heterocycles. The van der Waals surface area contributed by atoms with E-state index in [1.54, 1.807) is 7.11 Å². The fourth-order valence-electron chi connectivity index (χ4n) is 1.49. The second kappa shape index (κ2) is 4.16. The van der Waals surface area contributed by atoms with Crippen molar-refractivity contribution in [3.63, 3.8) is 0 Å². The SMILES string of the molecule is COc1ccc(C2=C(C)COS2=O)cc1. The van der Waals surface area contributed by atoms with E-state index < -0.39 is 11.1 Å². The summed E-state index contributed by atoms with van der Waals surface area (Å²) in [5.41, 5.74) is 1.96. The number of methoxy groups -OCH3 is 1. The molecule has 0 radical (unpaired) electrons. The van der Waals surface area contributed by atoms with Crippen LogP contribution in [0.15, 0.2) is 29.8 Å². The van der Waals surface area contributed by atoms with Crippen LogP contribution in [0.3, 0.4) is 0 Å². The minimum absolute atomic E-state index is 0.452. The summed E-state index contributed by atoms with van der Waals surface area (Å²) in [6.45, 7) is 2.39. The van der Waals surface area contributed by atoms with Gasteiger partial charge in [0.2, 0.25) is 0 Å². The Morgan fingerprint density at radius 1 is 1.33 bits per heavy atom. The molecule has 80 valence electrons. The molecule has 0 spiro atoms. The number of benzene rings is 1. The molecule has 1 unspecified atom stereocenters. The van der Waals surface area contributed by atoms with Gasteiger partial charge >= 0.3 is 0 Å². The van der Waals surface area contributed by atoms with Gasteiger partial charge in [-0.2, -0.15) is 0 Å². The fourth-order valence-corrected chi connectivity index (χ4v) is 2.57. The van der Waals surface area contributed by atoms with Crippen molar-refractivity contribution >= 4 is 16.0 Å². The summed E-state index contributed by atoms with van der Waals surface area (Å²) in [4.78, 5) is 0.789. The zero-order valence-corrected chi connectivity index (χ0v) is 9.47. The second-order valence-electron chi connectivity index (χ2n) is 3.33. The van der Waals surface area contributed by atoms with Gasteiger partial charge in [0.15, 0.2) is 11.1 Å². The van der Waals surface area contributed by atoms with Crippen LogP contribution in [0.1, 0.15) is 12.5 Å². The van der Waals surface area contributed by atoms with Crippen LogP contribution in [0.5, 0.6) is 5.75 Å². The van der Waals surface area contributed by atoms with Crippen LogP contribution in [0, 0.1) is 0 Å². The van der Waals surface area contributed by atoms with Crippen molar-refractivity contribution in [3.8, 4) is 5.75 Å². The molecule has 3 nitrogen and oxygen atoms in total. The highest BCUT2D eigenvalue weighted by Crippen LogP contribution is 2.29. The summed E-state index contributed by atoms with van der Waals surface area (Å²) >= 11 is -1.31. The Balaban J connectivity index is 2.37. The molecule has 1 atom stereocenters. The van der Waals surface area contributed by atoms with Gasteiger partial charge in [-0.3, -0.25) is 4.18 Å². The van der Waals surface area contributed by atoms with Gasteiger partial charge in [0.05, 0.1) is 18.6 Å². The van der Waals surface area contributed by atoms with Crippen molar-refractivity contribution in [1.82, 2.24) is 0 Å². The molecule has 0 N–H and O–H groups in total. The van der Waals surface area contributed by atoms with E-state index in [1.807, 2.05) is 31.2 Å². The highest BCUT2D eigenvalue weighted by atomic mass is 32.2. The van der Waals surface area contributed by atoms with Crippen LogP contribution in [0.25, 0.3) is 4.91 Å². The Kier molecular flexibility index (Phi) is 2.88. The summed E-state index contributed by atoms with van der Waals surface area (Å²) in [7, 11) is 1.62. The molecule has 0 amide bonds. The molecule has 1 aliphatic rings. The Morgan fingerprint density at radius 3 is 2.47 bits per heavy atom. The third kappa shape index (κ3) is 1.96. The molecule has 15 heavy (non-hydrogen) atoms. The first-order valence-corrected chi connectivity index (χ1v) is 5.69. The molecule has 0 bridgehead atoms. The van der Waals surface area contributed by atoms with Crippen LogP contribution in [0.2, 0.25) is 0 Å². The molecule has 0 aliphatic carbocycles. The molecule has 0 aromatic heterocycles. The summed E-state index contributed by atoms with van der Waals surface area (Å²) in [5, 5.41) is 0. The zero-order chi connectivity index (χ0) is 10.8. The standard InChI is InChI=1S/C11H12O3S/c1-8-7-14-15(12)11(8)9-3-5-10(13-2)6-4-9/h3-6H,7H2,1-2H3. The number of ether oxygens (including phenoxy) is 1. The molecule has 1 aromatic carbocycles. The summed E-state index contributed by atoms with van der Waals surface area (Å²) in [5.74, 6) is 0.793. The molecular weight excluding hydrogens is 212 g/mol. The van der Waals surface area contributed by atoms with Crippen LogP contribution in [-0.2, 0) is 15.3 Å². The Morgan fingerprint density at radius 2 is 2.00 bits per heavy atom. The molecule has 4 heteroatoms. The Labute approximate surface area is 91.4 Å². The maximum absolute atomic E-state index is 11.5. The molecule has 1 aliphatic heterocycles. The van der Waals surface area contributed by atoms with E-state index in [0.29, 0.717) is 6.61 Å². The van der Waals surface area contributed by atoms with Gasteiger partial charge in [0, 0.05) is 0 Å². The van der Waals surface area contributed by atoms with Crippen molar-refractivity contribution in [2.24, 2.45) is 0 Å². The van der Waals surface area contributed by atoms with E-state index in [2.05, 4.69) is 0 Å². The predicted octanol–water partition coefficient (Wildman–Crippen LogP) is 2.12. The van der Waals surface area contributed by atoms with E-state index >= 15 is 0 Å². The fraction of sp³-hybridized carbons (Fsp3) is 0.273. The van der Waals surface area contributed by atoms with Gasteiger partial charge in [-0.15, -0.1) is 0 Å².